The predicted octanol–water partition coefficient (Wildman–Crippen LogP) is 6.03. The maximum atomic E-state index is 13.8. The lowest BCUT2D eigenvalue weighted by Crippen LogP contribution is -2.39. The second-order valence-corrected chi connectivity index (χ2v) is 12.1. The second-order valence-electron chi connectivity index (χ2n) is 10.1. The van der Waals surface area contributed by atoms with Crippen molar-refractivity contribution in [3.05, 3.63) is 69.0 Å². The van der Waals surface area contributed by atoms with Crippen molar-refractivity contribution in [3.8, 4) is 11.5 Å². The van der Waals surface area contributed by atoms with Crippen LogP contribution in [-0.2, 0) is 9.59 Å². The molecule has 36 heavy (non-hydrogen) atoms. The van der Waals surface area contributed by atoms with E-state index in [2.05, 4.69) is 45.4 Å². The lowest BCUT2D eigenvalue weighted by molar-refractivity contribution is -0.118. The minimum absolute atomic E-state index is 0.0547. The summed E-state index contributed by atoms with van der Waals surface area (Å²) in [5.74, 6) is 0.517. The van der Waals surface area contributed by atoms with Crippen molar-refractivity contribution >= 4 is 54.3 Å². The SMILES string of the molecule is CC1=C(C(=O)Nc2nc3ccc(Br)cc3s2)[C@@H](c2ccc3c(c2)OCO3)C2=C(CC(C)(C)CC2=O)N1. The molecular weight excluding hydrogens is 542 g/mol. The summed E-state index contributed by atoms with van der Waals surface area (Å²) in [4.78, 5) is 31.9. The van der Waals surface area contributed by atoms with Crippen LogP contribution in [0, 0.1) is 5.41 Å². The number of ketones is 1. The van der Waals surface area contributed by atoms with Gasteiger partial charge in [0.1, 0.15) is 0 Å². The van der Waals surface area contributed by atoms with Crippen LogP contribution in [0.3, 0.4) is 0 Å². The van der Waals surface area contributed by atoms with Crippen molar-refractivity contribution in [1.82, 2.24) is 10.3 Å². The molecule has 1 atom stereocenters. The molecule has 3 heterocycles. The lowest BCUT2D eigenvalue weighted by Gasteiger charge is -2.39. The minimum Gasteiger partial charge on any atom is -0.454 e. The number of dihydropyridines is 1. The second kappa shape index (κ2) is 8.45. The van der Waals surface area contributed by atoms with E-state index in [4.69, 9.17) is 9.47 Å². The summed E-state index contributed by atoms with van der Waals surface area (Å²) < 4.78 is 13.0. The summed E-state index contributed by atoms with van der Waals surface area (Å²) in [6, 6.07) is 11.4. The third kappa shape index (κ3) is 4.00. The predicted molar refractivity (Wildman–Crippen MR) is 142 cm³/mol. The first-order valence-corrected chi connectivity index (χ1v) is 13.3. The Morgan fingerprint density at radius 3 is 2.81 bits per heavy atom. The third-order valence-corrected chi connectivity index (χ3v) is 8.21. The molecule has 0 unspecified atom stereocenters. The van der Waals surface area contributed by atoms with E-state index in [0.717, 1.165) is 38.1 Å². The summed E-state index contributed by atoms with van der Waals surface area (Å²) in [5, 5.41) is 6.91. The maximum absolute atomic E-state index is 13.8. The number of Topliss-reactive ketones (excluding diaryl/α,β-unsaturated/α-hetero) is 1. The van der Waals surface area contributed by atoms with Crippen molar-refractivity contribution in [2.45, 2.75) is 39.5 Å². The van der Waals surface area contributed by atoms with Gasteiger partial charge in [-0.2, -0.15) is 0 Å². The summed E-state index contributed by atoms with van der Waals surface area (Å²) >= 11 is 4.89. The highest BCUT2D eigenvalue weighted by Gasteiger charge is 2.43. The van der Waals surface area contributed by atoms with E-state index in [1.54, 1.807) is 0 Å². The van der Waals surface area contributed by atoms with Gasteiger partial charge in [-0.1, -0.05) is 47.2 Å². The van der Waals surface area contributed by atoms with Crippen LogP contribution in [0.2, 0.25) is 0 Å². The maximum Gasteiger partial charge on any atom is 0.256 e. The van der Waals surface area contributed by atoms with Gasteiger partial charge < -0.3 is 14.8 Å². The number of anilines is 1. The first-order chi connectivity index (χ1) is 17.2. The topological polar surface area (TPSA) is 89.6 Å². The number of hydrogen-bond donors (Lipinski definition) is 2. The lowest BCUT2D eigenvalue weighted by atomic mass is 9.68. The number of rotatable bonds is 3. The Morgan fingerprint density at radius 1 is 1.17 bits per heavy atom. The van der Waals surface area contributed by atoms with Crippen molar-refractivity contribution in [2.24, 2.45) is 5.41 Å². The van der Waals surface area contributed by atoms with E-state index in [0.29, 0.717) is 34.2 Å². The molecule has 1 aliphatic carbocycles. The molecule has 2 aliphatic heterocycles. The summed E-state index contributed by atoms with van der Waals surface area (Å²) in [5.41, 5.74) is 4.24. The molecule has 0 radical (unpaired) electrons. The number of ether oxygens (including phenoxy) is 2. The fraction of sp³-hybridized carbons (Fsp3) is 0.296. The van der Waals surface area contributed by atoms with E-state index >= 15 is 0 Å². The number of nitrogens with zero attached hydrogens (tertiary/aromatic N) is 1. The van der Waals surface area contributed by atoms with Crippen LogP contribution in [0.4, 0.5) is 5.13 Å². The van der Waals surface area contributed by atoms with Crippen LogP contribution in [0.25, 0.3) is 10.2 Å². The highest BCUT2D eigenvalue weighted by Crippen LogP contribution is 2.48. The number of carbonyl (C=O) groups excluding carboxylic acids is 2. The monoisotopic (exact) mass is 565 g/mol. The zero-order valence-corrected chi connectivity index (χ0v) is 22.4. The molecular formula is C27H24BrN3O4S. The molecule has 0 saturated heterocycles. The number of thiazole rings is 1. The van der Waals surface area contributed by atoms with Gasteiger partial charge in [0.2, 0.25) is 6.79 Å². The number of fused-ring (bicyclic) bond motifs is 2. The molecule has 3 aromatic rings. The van der Waals surface area contributed by atoms with Gasteiger partial charge in [0, 0.05) is 39.4 Å². The van der Waals surface area contributed by atoms with Crippen LogP contribution in [0.1, 0.15) is 45.1 Å². The van der Waals surface area contributed by atoms with E-state index < -0.39 is 5.92 Å². The summed E-state index contributed by atoms with van der Waals surface area (Å²) in [6.07, 6.45) is 1.16. The highest BCUT2D eigenvalue weighted by molar-refractivity contribution is 9.10. The fourth-order valence-electron chi connectivity index (χ4n) is 5.28. The number of allylic oxidation sites excluding steroid dienone is 3. The Bertz CT molecular complexity index is 1520. The molecule has 1 amide bonds. The number of halogens is 1. The van der Waals surface area contributed by atoms with Crippen LogP contribution in [-0.4, -0.2) is 23.5 Å². The Morgan fingerprint density at radius 2 is 1.97 bits per heavy atom. The van der Waals surface area contributed by atoms with Crippen LogP contribution < -0.4 is 20.1 Å². The summed E-state index contributed by atoms with van der Waals surface area (Å²) in [6.45, 7) is 6.24. The van der Waals surface area contributed by atoms with E-state index in [1.807, 2.05) is 43.3 Å². The Kier molecular flexibility index (Phi) is 5.46. The van der Waals surface area contributed by atoms with Gasteiger partial charge >= 0.3 is 0 Å². The van der Waals surface area contributed by atoms with E-state index in [1.165, 1.54) is 11.3 Å². The fourth-order valence-corrected chi connectivity index (χ4v) is 6.69. The number of aromatic nitrogens is 1. The number of amides is 1. The molecule has 9 heteroatoms. The van der Waals surface area contributed by atoms with Gasteiger partial charge in [-0.25, -0.2) is 4.98 Å². The first-order valence-electron chi connectivity index (χ1n) is 11.7. The average Bonchev–Trinajstić information content (AvgIpc) is 3.42. The van der Waals surface area contributed by atoms with E-state index in [9.17, 15) is 9.59 Å². The molecule has 6 rings (SSSR count). The largest absolute Gasteiger partial charge is 0.454 e. The van der Waals surface area contributed by atoms with Crippen molar-refractivity contribution in [1.29, 1.82) is 0 Å². The third-order valence-electron chi connectivity index (χ3n) is 6.79. The van der Waals surface area contributed by atoms with Gasteiger partial charge in [-0.3, -0.25) is 14.9 Å². The number of hydrogen-bond acceptors (Lipinski definition) is 7. The number of benzene rings is 2. The molecule has 3 aliphatic rings. The molecule has 1 aromatic heterocycles. The molecule has 7 nitrogen and oxygen atoms in total. The average molecular weight is 566 g/mol. The smallest absolute Gasteiger partial charge is 0.256 e. The van der Waals surface area contributed by atoms with Crippen molar-refractivity contribution < 1.29 is 19.1 Å². The van der Waals surface area contributed by atoms with Crippen molar-refractivity contribution in [2.75, 3.05) is 12.1 Å². The van der Waals surface area contributed by atoms with Gasteiger partial charge in [-0.15, -0.1) is 0 Å². The molecule has 0 saturated carbocycles. The van der Waals surface area contributed by atoms with Crippen molar-refractivity contribution in [3.63, 3.8) is 0 Å². The van der Waals surface area contributed by atoms with Gasteiger partial charge in [0.25, 0.3) is 5.91 Å². The normalized spacial score (nSPS) is 20.4. The molecule has 0 spiro atoms. The van der Waals surface area contributed by atoms with Gasteiger partial charge in [0.15, 0.2) is 22.4 Å². The van der Waals surface area contributed by atoms with Gasteiger partial charge in [-0.05, 0) is 54.7 Å². The van der Waals surface area contributed by atoms with Crippen LogP contribution in [0.15, 0.2) is 63.4 Å². The van der Waals surface area contributed by atoms with Gasteiger partial charge in [0.05, 0.1) is 10.2 Å². The molecule has 184 valence electrons. The van der Waals surface area contributed by atoms with Crippen LogP contribution >= 0.6 is 27.3 Å². The Balaban J connectivity index is 1.43. The molecule has 2 aromatic carbocycles. The first kappa shape index (κ1) is 23.2. The highest BCUT2D eigenvalue weighted by atomic mass is 79.9. The molecule has 0 bridgehead atoms. The molecule has 0 fully saturated rings. The standard InChI is InChI=1S/C27H24BrN3O4S/c1-13-22(25(33)31-26-30-16-6-5-15(28)9-21(16)36-26)23(14-4-7-19-20(8-14)35-12-34-19)24-17(29-13)10-27(2,3)11-18(24)32/h4-9,23,29H,10-12H2,1-3H3,(H,30,31,33)/t23-/m1/s1. The minimum atomic E-state index is -0.525. The van der Waals surface area contributed by atoms with E-state index in [-0.39, 0.29) is 23.9 Å². The zero-order chi connectivity index (χ0) is 25.2. The molecule has 2 N–H and O–H groups in total. The van der Waals surface area contributed by atoms with Crippen LogP contribution in [0.5, 0.6) is 11.5 Å². The Hall–Kier alpha value is -3.17. The number of nitrogens with one attached hydrogen (secondary N) is 2. The zero-order valence-electron chi connectivity index (χ0n) is 20.0. The number of carbonyl (C=O) groups is 2. The quantitative estimate of drug-likeness (QED) is 0.403. The Labute approximate surface area is 220 Å². The summed E-state index contributed by atoms with van der Waals surface area (Å²) in [7, 11) is 0.